The predicted molar refractivity (Wildman–Crippen MR) is 100 cm³/mol. The van der Waals surface area contributed by atoms with Gasteiger partial charge in [-0.2, -0.15) is 0 Å². The van der Waals surface area contributed by atoms with Crippen molar-refractivity contribution in [3.63, 3.8) is 0 Å². The van der Waals surface area contributed by atoms with Crippen LogP contribution in [0.2, 0.25) is 0 Å². The first kappa shape index (κ1) is 20.1. The van der Waals surface area contributed by atoms with E-state index in [4.69, 9.17) is 4.74 Å². The Kier molecular flexibility index (Phi) is 7.35. The lowest BCUT2D eigenvalue weighted by atomic mass is 9.99. The zero-order chi connectivity index (χ0) is 19.0. The van der Waals surface area contributed by atoms with Gasteiger partial charge in [-0.05, 0) is 24.3 Å². The quantitative estimate of drug-likeness (QED) is 0.630. The monoisotopic (exact) mass is 380 g/mol. The van der Waals surface area contributed by atoms with Crippen molar-refractivity contribution in [3.05, 3.63) is 69.0 Å². The standard InChI is InChI=1S/C18H24N2O5S/c1-2-15(16-7-4-3-5-8-16)13-26(23,24)12-6-11-25-14-20-10-9-17(21)19-18(20)22/h3-5,7-10,15H,2,6,11-14H2,1H3,(H,19,21,22)/t15-/m0/s1. The van der Waals surface area contributed by atoms with Crippen LogP contribution in [0.15, 0.2) is 52.2 Å². The van der Waals surface area contributed by atoms with E-state index in [1.165, 1.54) is 16.8 Å². The molecule has 0 unspecified atom stereocenters. The highest BCUT2D eigenvalue weighted by atomic mass is 32.2. The topological polar surface area (TPSA) is 98.2 Å². The van der Waals surface area contributed by atoms with Crippen molar-refractivity contribution >= 4 is 9.84 Å². The lowest BCUT2D eigenvalue weighted by Crippen LogP contribution is -2.29. The van der Waals surface area contributed by atoms with Crippen molar-refractivity contribution in [1.82, 2.24) is 9.55 Å². The third-order valence-electron chi connectivity index (χ3n) is 4.09. The summed E-state index contributed by atoms with van der Waals surface area (Å²) in [4.78, 5) is 24.6. The second kappa shape index (κ2) is 9.49. The normalized spacial score (nSPS) is 12.8. The fraction of sp³-hybridized carbons (Fsp3) is 0.444. The maximum absolute atomic E-state index is 12.3. The third kappa shape index (κ3) is 6.27. The molecule has 142 valence electrons. The van der Waals surface area contributed by atoms with E-state index in [-0.39, 0.29) is 30.8 Å². The minimum absolute atomic E-state index is 0.0122. The largest absolute Gasteiger partial charge is 0.361 e. The molecule has 1 aromatic heterocycles. The molecule has 0 aliphatic carbocycles. The summed E-state index contributed by atoms with van der Waals surface area (Å²) in [6.07, 6.45) is 2.45. The summed E-state index contributed by atoms with van der Waals surface area (Å²) >= 11 is 0. The Balaban J connectivity index is 1.79. The second-order valence-corrected chi connectivity index (χ2v) is 8.33. The van der Waals surface area contributed by atoms with E-state index in [0.717, 1.165) is 12.0 Å². The van der Waals surface area contributed by atoms with E-state index in [0.29, 0.717) is 6.42 Å². The van der Waals surface area contributed by atoms with Gasteiger partial charge in [-0.15, -0.1) is 0 Å². The Morgan fingerprint density at radius 2 is 1.88 bits per heavy atom. The Morgan fingerprint density at radius 1 is 1.15 bits per heavy atom. The third-order valence-corrected chi connectivity index (χ3v) is 5.91. The molecule has 7 nitrogen and oxygen atoms in total. The van der Waals surface area contributed by atoms with Gasteiger partial charge in [0.15, 0.2) is 9.84 Å². The molecule has 2 rings (SSSR count). The van der Waals surface area contributed by atoms with E-state index < -0.39 is 21.1 Å². The summed E-state index contributed by atoms with van der Waals surface area (Å²) in [5, 5.41) is 0. The van der Waals surface area contributed by atoms with Crippen molar-refractivity contribution in [2.75, 3.05) is 18.1 Å². The molecule has 26 heavy (non-hydrogen) atoms. The van der Waals surface area contributed by atoms with Crippen molar-refractivity contribution in [3.8, 4) is 0 Å². The van der Waals surface area contributed by atoms with E-state index >= 15 is 0 Å². The number of nitrogens with zero attached hydrogens (tertiary/aromatic N) is 1. The first-order valence-corrected chi connectivity index (χ1v) is 10.4. The van der Waals surface area contributed by atoms with Gasteiger partial charge in [0.1, 0.15) is 6.73 Å². The molecule has 0 aliphatic heterocycles. The van der Waals surface area contributed by atoms with Crippen LogP contribution in [0.4, 0.5) is 0 Å². The van der Waals surface area contributed by atoms with Crippen molar-refractivity contribution in [1.29, 1.82) is 0 Å². The van der Waals surface area contributed by atoms with Crippen LogP contribution in [0.25, 0.3) is 0 Å². The number of aromatic amines is 1. The van der Waals surface area contributed by atoms with Crippen LogP contribution in [0, 0.1) is 0 Å². The molecule has 0 saturated heterocycles. The second-order valence-electron chi connectivity index (χ2n) is 6.10. The minimum Gasteiger partial charge on any atom is -0.361 e. The van der Waals surface area contributed by atoms with Crippen LogP contribution in [-0.2, 0) is 21.3 Å². The van der Waals surface area contributed by atoms with E-state index in [2.05, 4.69) is 4.98 Å². The van der Waals surface area contributed by atoms with Crippen LogP contribution >= 0.6 is 0 Å². The highest BCUT2D eigenvalue weighted by molar-refractivity contribution is 7.91. The molecule has 1 N–H and O–H groups in total. The molecule has 0 radical (unpaired) electrons. The van der Waals surface area contributed by atoms with Gasteiger partial charge < -0.3 is 4.74 Å². The van der Waals surface area contributed by atoms with E-state index in [1.807, 2.05) is 37.3 Å². The first-order valence-electron chi connectivity index (χ1n) is 8.54. The molecular weight excluding hydrogens is 356 g/mol. The van der Waals surface area contributed by atoms with Crippen LogP contribution < -0.4 is 11.2 Å². The summed E-state index contributed by atoms with van der Waals surface area (Å²) in [6.45, 7) is 2.17. The highest BCUT2D eigenvalue weighted by Crippen LogP contribution is 2.21. The van der Waals surface area contributed by atoms with Gasteiger partial charge in [0.2, 0.25) is 0 Å². The number of sulfone groups is 1. The van der Waals surface area contributed by atoms with Crippen molar-refractivity contribution in [2.45, 2.75) is 32.4 Å². The minimum atomic E-state index is -3.20. The van der Waals surface area contributed by atoms with Crippen LogP contribution in [-0.4, -0.2) is 36.1 Å². The molecule has 0 aliphatic rings. The van der Waals surface area contributed by atoms with Gasteiger partial charge in [0.25, 0.3) is 5.56 Å². The Hall–Kier alpha value is -2.19. The average Bonchev–Trinajstić information content (AvgIpc) is 2.62. The molecule has 0 fully saturated rings. The molecule has 2 aromatic rings. The smallest absolute Gasteiger partial charge is 0.330 e. The molecule has 0 bridgehead atoms. The van der Waals surface area contributed by atoms with Crippen molar-refractivity contribution < 1.29 is 13.2 Å². The fourth-order valence-electron chi connectivity index (χ4n) is 2.65. The number of nitrogens with one attached hydrogen (secondary N) is 1. The molecule has 0 saturated carbocycles. The Bertz CT molecular complexity index is 903. The van der Waals surface area contributed by atoms with Gasteiger partial charge in [-0.25, -0.2) is 13.2 Å². The molecule has 1 heterocycles. The maximum Gasteiger partial charge on any atom is 0.330 e. The fourth-order valence-corrected chi connectivity index (χ4v) is 4.42. The Morgan fingerprint density at radius 3 is 2.54 bits per heavy atom. The lowest BCUT2D eigenvalue weighted by Gasteiger charge is -2.15. The highest BCUT2D eigenvalue weighted by Gasteiger charge is 2.19. The summed E-state index contributed by atoms with van der Waals surface area (Å²) in [5.41, 5.74) is 0.00674. The van der Waals surface area contributed by atoms with Gasteiger partial charge in [-0.1, -0.05) is 37.3 Å². The summed E-state index contributed by atoms with van der Waals surface area (Å²) in [6, 6.07) is 10.9. The van der Waals surface area contributed by atoms with Crippen LogP contribution in [0.5, 0.6) is 0 Å². The summed E-state index contributed by atoms with van der Waals surface area (Å²) in [7, 11) is -3.20. The molecule has 1 atom stereocenters. The molecule has 8 heteroatoms. The van der Waals surface area contributed by atoms with Gasteiger partial charge in [-0.3, -0.25) is 14.3 Å². The van der Waals surface area contributed by atoms with E-state index in [1.54, 1.807) is 0 Å². The average molecular weight is 380 g/mol. The first-order chi connectivity index (χ1) is 12.4. The SMILES string of the molecule is CC[C@@H](CS(=O)(=O)CCCOCn1ccc(=O)[nH]c1=O)c1ccccc1. The lowest BCUT2D eigenvalue weighted by molar-refractivity contribution is 0.0745. The maximum atomic E-state index is 12.3. The van der Waals surface area contributed by atoms with Crippen LogP contribution in [0.1, 0.15) is 31.2 Å². The molecule has 1 aromatic carbocycles. The molecular formula is C18H24N2O5S. The number of hydrogen-bond acceptors (Lipinski definition) is 5. The zero-order valence-electron chi connectivity index (χ0n) is 14.8. The predicted octanol–water partition coefficient (Wildman–Crippen LogP) is 1.51. The Labute approximate surface area is 152 Å². The number of benzene rings is 1. The van der Waals surface area contributed by atoms with Gasteiger partial charge in [0, 0.05) is 18.9 Å². The summed E-state index contributed by atoms with van der Waals surface area (Å²) < 4.78 is 31.2. The van der Waals surface area contributed by atoms with Gasteiger partial charge >= 0.3 is 5.69 Å². The van der Waals surface area contributed by atoms with Crippen LogP contribution in [0.3, 0.4) is 0 Å². The molecule has 0 spiro atoms. The number of aromatic nitrogens is 2. The van der Waals surface area contributed by atoms with E-state index in [9.17, 15) is 18.0 Å². The number of hydrogen-bond donors (Lipinski definition) is 1. The number of H-pyrrole nitrogens is 1. The number of rotatable bonds is 10. The summed E-state index contributed by atoms with van der Waals surface area (Å²) in [5.74, 6) is 0.144. The molecule has 0 amide bonds. The van der Waals surface area contributed by atoms with Crippen molar-refractivity contribution in [2.24, 2.45) is 0 Å². The zero-order valence-corrected chi connectivity index (χ0v) is 15.6. The number of ether oxygens (including phenoxy) is 1. The van der Waals surface area contributed by atoms with Gasteiger partial charge in [0.05, 0.1) is 11.5 Å².